The van der Waals surface area contributed by atoms with Gasteiger partial charge >= 0.3 is 0 Å². The van der Waals surface area contributed by atoms with Gasteiger partial charge in [0, 0.05) is 5.69 Å². The highest BCUT2D eigenvalue weighted by Crippen LogP contribution is 2.54. The van der Waals surface area contributed by atoms with Crippen molar-refractivity contribution in [1.29, 1.82) is 0 Å². The summed E-state index contributed by atoms with van der Waals surface area (Å²) in [5, 5.41) is 2.70. The van der Waals surface area contributed by atoms with Gasteiger partial charge in [0.2, 0.25) is 0 Å². The topological polar surface area (TPSA) is 12.5 Å². The lowest BCUT2D eigenvalue weighted by Crippen LogP contribution is -2.29. The maximum atomic E-state index is 6.35. The molecule has 1 saturated heterocycles. The molecule has 0 N–H and O–H groups in total. The van der Waals surface area contributed by atoms with E-state index in [1.807, 2.05) is 0 Å². The van der Waals surface area contributed by atoms with Crippen molar-refractivity contribution in [2.75, 3.05) is 4.90 Å². The summed E-state index contributed by atoms with van der Waals surface area (Å²) in [6.45, 7) is 2.15. The zero-order valence-corrected chi connectivity index (χ0v) is 12.4. The van der Waals surface area contributed by atoms with E-state index in [9.17, 15) is 0 Å². The molecule has 5 rings (SSSR count). The largest absolute Gasteiger partial charge is 0.348 e. The predicted octanol–water partition coefficient (Wildman–Crippen LogP) is 4.82. The minimum atomic E-state index is 0.0843. The van der Waals surface area contributed by atoms with Gasteiger partial charge in [0.1, 0.15) is 12.3 Å². The maximum absolute atomic E-state index is 6.35. The number of hydrogen-bond donors (Lipinski definition) is 0. The van der Waals surface area contributed by atoms with Gasteiger partial charge < -0.3 is 9.64 Å². The lowest BCUT2D eigenvalue weighted by molar-refractivity contribution is 0.0544. The first-order chi connectivity index (χ1) is 10.8. The molecule has 22 heavy (non-hydrogen) atoms. The van der Waals surface area contributed by atoms with Crippen LogP contribution in [0.1, 0.15) is 30.2 Å². The Labute approximate surface area is 129 Å². The van der Waals surface area contributed by atoms with Crippen LogP contribution in [0.3, 0.4) is 0 Å². The van der Waals surface area contributed by atoms with Crippen molar-refractivity contribution in [1.82, 2.24) is 0 Å². The summed E-state index contributed by atoms with van der Waals surface area (Å²) in [6.07, 6.45) is 0.220. The molecule has 1 aliphatic heterocycles. The summed E-state index contributed by atoms with van der Waals surface area (Å²) in [4.78, 5) is 2.42. The molecule has 1 fully saturated rings. The highest BCUT2D eigenvalue weighted by atomic mass is 16.5. The van der Waals surface area contributed by atoms with Crippen LogP contribution in [0.2, 0.25) is 0 Å². The molecule has 108 valence electrons. The third-order valence-electron chi connectivity index (χ3n) is 4.97. The molecule has 0 spiro atoms. The molecule has 3 atom stereocenters. The van der Waals surface area contributed by atoms with Crippen LogP contribution in [0.4, 0.5) is 5.69 Å². The number of para-hydroxylation sites is 1. The Morgan fingerprint density at radius 2 is 1.55 bits per heavy atom. The van der Waals surface area contributed by atoms with Crippen LogP contribution in [-0.4, -0.2) is 6.23 Å². The second kappa shape index (κ2) is 4.34. The smallest absolute Gasteiger partial charge is 0.128 e. The molecule has 0 aromatic heterocycles. The summed E-state index contributed by atoms with van der Waals surface area (Å²) < 4.78 is 6.35. The Bertz CT molecular complexity index is 853. The summed E-state index contributed by atoms with van der Waals surface area (Å²) in [6, 6.07) is 24.0. The molecular formula is C20H17NO. The van der Waals surface area contributed by atoms with Crippen molar-refractivity contribution in [2.45, 2.75) is 25.3 Å². The third kappa shape index (κ3) is 1.48. The zero-order chi connectivity index (χ0) is 14.7. The fourth-order valence-electron chi connectivity index (χ4n) is 4.13. The molecule has 0 amide bonds. The molecule has 3 aromatic rings. The van der Waals surface area contributed by atoms with Gasteiger partial charge in [-0.05, 0) is 41.0 Å². The van der Waals surface area contributed by atoms with E-state index in [-0.39, 0.29) is 18.4 Å². The Kier molecular flexibility index (Phi) is 2.42. The van der Waals surface area contributed by atoms with E-state index in [2.05, 4.69) is 78.6 Å². The Balaban J connectivity index is 1.74. The van der Waals surface area contributed by atoms with Crippen LogP contribution in [0.15, 0.2) is 66.7 Å². The van der Waals surface area contributed by atoms with Gasteiger partial charge in [-0.3, -0.25) is 0 Å². The van der Waals surface area contributed by atoms with E-state index in [1.165, 1.54) is 27.6 Å². The quantitative estimate of drug-likeness (QED) is 0.636. The summed E-state index contributed by atoms with van der Waals surface area (Å²) in [7, 11) is 0. The molecule has 2 heteroatoms. The fraction of sp³-hybridized carbons (Fsp3) is 0.200. The van der Waals surface area contributed by atoms with E-state index in [0.717, 1.165) is 0 Å². The lowest BCUT2D eigenvalue weighted by atomic mass is 10.0. The molecule has 0 bridgehead atoms. The van der Waals surface area contributed by atoms with Crippen molar-refractivity contribution in [3.63, 3.8) is 0 Å². The van der Waals surface area contributed by atoms with Gasteiger partial charge in [0.05, 0.1) is 6.04 Å². The maximum Gasteiger partial charge on any atom is 0.128 e. The van der Waals surface area contributed by atoms with Crippen molar-refractivity contribution in [2.24, 2.45) is 0 Å². The minimum absolute atomic E-state index is 0.0843. The first-order valence-electron chi connectivity index (χ1n) is 7.85. The fourth-order valence-corrected chi connectivity index (χ4v) is 4.13. The Morgan fingerprint density at radius 1 is 0.818 bits per heavy atom. The number of anilines is 1. The lowest BCUT2D eigenvalue weighted by Gasteiger charge is -2.28. The van der Waals surface area contributed by atoms with Crippen LogP contribution in [0, 0.1) is 0 Å². The molecular weight excluding hydrogens is 270 g/mol. The van der Waals surface area contributed by atoms with Crippen LogP contribution in [-0.2, 0) is 4.74 Å². The normalized spacial score (nSPS) is 25.7. The third-order valence-corrected chi connectivity index (χ3v) is 4.97. The Morgan fingerprint density at radius 3 is 2.32 bits per heavy atom. The predicted molar refractivity (Wildman–Crippen MR) is 88.9 cm³/mol. The van der Waals surface area contributed by atoms with E-state index in [0.29, 0.717) is 0 Å². The van der Waals surface area contributed by atoms with E-state index < -0.39 is 0 Å². The van der Waals surface area contributed by atoms with E-state index in [1.54, 1.807) is 0 Å². The van der Waals surface area contributed by atoms with E-state index in [4.69, 9.17) is 4.74 Å². The summed E-state index contributed by atoms with van der Waals surface area (Å²) in [5.41, 5.74) is 3.96. The molecule has 1 aliphatic carbocycles. The molecule has 2 nitrogen and oxygen atoms in total. The van der Waals surface area contributed by atoms with Crippen LogP contribution >= 0.6 is 0 Å². The highest BCUT2D eigenvalue weighted by Gasteiger charge is 2.47. The van der Waals surface area contributed by atoms with Crippen molar-refractivity contribution in [3.8, 4) is 0 Å². The molecule has 1 heterocycles. The Hall–Kier alpha value is -2.32. The summed E-state index contributed by atoms with van der Waals surface area (Å²) >= 11 is 0. The first-order valence-corrected chi connectivity index (χ1v) is 7.85. The summed E-state index contributed by atoms with van der Waals surface area (Å²) in [5.74, 6) is 0. The molecule has 0 radical (unpaired) electrons. The standard InChI is InChI=1S/C20H17NO/c1-13-21(15-9-3-2-4-10-15)19-16-11-5-7-14-8-6-12-17(18(14)16)20(19)22-13/h2-13,19-20H,1H3/t13-,19+,20-/m0/s1. The second-order valence-corrected chi connectivity index (χ2v) is 6.14. The molecule has 0 unspecified atom stereocenters. The first kappa shape index (κ1) is 12.2. The molecule has 2 aliphatic rings. The van der Waals surface area contributed by atoms with Crippen molar-refractivity contribution >= 4 is 16.5 Å². The van der Waals surface area contributed by atoms with Gasteiger partial charge in [0.25, 0.3) is 0 Å². The van der Waals surface area contributed by atoms with Crippen LogP contribution < -0.4 is 4.90 Å². The average Bonchev–Trinajstić information content (AvgIpc) is 3.05. The van der Waals surface area contributed by atoms with E-state index >= 15 is 0 Å². The highest BCUT2D eigenvalue weighted by molar-refractivity contribution is 5.92. The molecule has 3 aromatic carbocycles. The van der Waals surface area contributed by atoms with Crippen LogP contribution in [0.25, 0.3) is 10.8 Å². The number of rotatable bonds is 1. The minimum Gasteiger partial charge on any atom is -0.348 e. The van der Waals surface area contributed by atoms with Gasteiger partial charge in [-0.25, -0.2) is 0 Å². The monoisotopic (exact) mass is 287 g/mol. The molecule has 0 saturated carbocycles. The van der Waals surface area contributed by atoms with Crippen molar-refractivity contribution < 1.29 is 4.74 Å². The number of fused-ring (bicyclic) bond motifs is 3. The zero-order valence-electron chi connectivity index (χ0n) is 12.4. The van der Waals surface area contributed by atoms with Gasteiger partial charge in [-0.1, -0.05) is 54.6 Å². The number of benzene rings is 3. The second-order valence-electron chi connectivity index (χ2n) is 6.14. The van der Waals surface area contributed by atoms with Crippen molar-refractivity contribution in [3.05, 3.63) is 77.9 Å². The van der Waals surface area contributed by atoms with Crippen LogP contribution in [0.5, 0.6) is 0 Å². The SMILES string of the molecule is C[C@@H]1O[C@H]2c3cccc4cccc(c34)[C@H]2N1c1ccccc1. The van der Waals surface area contributed by atoms with Gasteiger partial charge in [-0.15, -0.1) is 0 Å². The number of ether oxygens (including phenoxy) is 1. The number of hydrogen-bond acceptors (Lipinski definition) is 2. The average molecular weight is 287 g/mol. The number of nitrogens with zero attached hydrogens (tertiary/aromatic N) is 1. The van der Waals surface area contributed by atoms with Gasteiger partial charge in [-0.2, -0.15) is 0 Å². The van der Waals surface area contributed by atoms with Gasteiger partial charge in [0.15, 0.2) is 0 Å².